The number of hydrogen-bond donors (Lipinski definition) is 1. The maximum Gasteiger partial charge on any atom is 0.387 e. The van der Waals surface area contributed by atoms with E-state index in [9.17, 15) is 18.4 Å². The van der Waals surface area contributed by atoms with E-state index < -0.39 is 24.6 Å². The van der Waals surface area contributed by atoms with Gasteiger partial charge in [-0.25, -0.2) is 0 Å². The van der Waals surface area contributed by atoms with Crippen LogP contribution < -0.4 is 10.1 Å². The van der Waals surface area contributed by atoms with Crippen molar-refractivity contribution in [1.29, 1.82) is 0 Å². The van der Waals surface area contributed by atoms with E-state index in [1.165, 1.54) is 25.1 Å². The molecule has 0 saturated heterocycles. The van der Waals surface area contributed by atoms with Crippen molar-refractivity contribution in [3.05, 3.63) is 59.7 Å². The first-order valence-corrected chi connectivity index (χ1v) is 7.95. The number of nitrogens with one attached hydrogen (secondary N) is 1. The van der Waals surface area contributed by atoms with Crippen molar-refractivity contribution < 1.29 is 27.8 Å². The summed E-state index contributed by atoms with van der Waals surface area (Å²) in [4.78, 5) is 24.2. The highest BCUT2D eigenvalue weighted by Gasteiger charge is 2.20. The molecule has 2 rings (SSSR count). The Morgan fingerprint density at radius 3 is 2.42 bits per heavy atom. The van der Waals surface area contributed by atoms with Crippen LogP contribution in [0.15, 0.2) is 48.5 Å². The lowest BCUT2D eigenvalue weighted by Crippen LogP contribution is -2.30. The van der Waals surface area contributed by atoms with Gasteiger partial charge >= 0.3 is 12.6 Å². The third-order valence-electron chi connectivity index (χ3n) is 3.63. The summed E-state index contributed by atoms with van der Waals surface area (Å²) in [5, 5.41) is 2.42. The van der Waals surface area contributed by atoms with Gasteiger partial charge in [0.25, 0.3) is 5.91 Å². The number of alkyl halides is 2. The fourth-order valence-electron chi connectivity index (χ4n) is 2.26. The van der Waals surface area contributed by atoms with Crippen LogP contribution in [0.25, 0.3) is 0 Å². The van der Waals surface area contributed by atoms with Gasteiger partial charge in [-0.1, -0.05) is 36.4 Å². The van der Waals surface area contributed by atoms with E-state index >= 15 is 0 Å². The van der Waals surface area contributed by atoms with Gasteiger partial charge in [0, 0.05) is 0 Å². The van der Waals surface area contributed by atoms with Crippen molar-refractivity contribution in [2.45, 2.75) is 33.0 Å². The SMILES string of the molecule is Cc1ccccc1CC(=O)O[C@@H](C)C(=O)Nc1ccccc1OC(F)F. The van der Waals surface area contributed by atoms with Gasteiger partial charge in [-0.05, 0) is 37.1 Å². The number of para-hydroxylation sites is 2. The van der Waals surface area contributed by atoms with Crippen LogP contribution in [-0.4, -0.2) is 24.6 Å². The van der Waals surface area contributed by atoms with E-state index in [-0.39, 0.29) is 17.9 Å². The van der Waals surface area contributed by atoms with Crippen LogP contribution >= 0.6 is 0 Å². The van der Waals surface area contributed by atoms with Crippen molar-refractivity contribution in [3.63, 3.8) is 0 Å². The molecule has 0 unspecified atom stereocenters. The highest BCUT2D eigenvalue weighted by atomic mass is 19.3. The fourth-order valence-corrected chi connectivity index (χ4v) is 2.26. The van der Waals surface area contributed by atoms with Crippen molar-refractivity contribution in [3.8, 4) is 5.75 Å². The highest BCUT2D eigenvalue weighted by molar-refractivity contribution is 5.96. The minimum absolute atomic E-state index is 0.0371. The Balaban J connectivity index is 1.95. The smallest absolute Gasteiger partial charge is 0.387 e. The summed E-state index contributed by atoms with van der Waals surface area (Å²) < 4.78 is 34.3. The highest BCUT2D eigenvalue weighted by Crippen LogP contribution is 2.25. The second kappa shape index (κ2) is 8.94. The largest absolute Gasteiger partial charge is 0.452 e. The van der Waals surface area contributed by atoms with Crippen LogP contribution in [0.5, 0.6) is 5.75 Å². The molecular weight excluding hydrogens is 344 g/mol. The quantitative estimate of drug-likeness (QED) is 0.762. The molecule has 0 heterocycles. The van der Waals surface area contributed by atoms with Crippen LogP contribution in [0.4, 0.5) is 14.5 Å². The molecule has 0 aliphatic heterocycles. The van der Waals surface area contributed by atoms with E-state index in [1.54, 1.807) is 12.1 Å². The van der Waals surface area contributed by atoms with Gasteiger partial charge in [0.15, 0.2) is 6.10 Å². The van der Waals surface area contributed by atoms with E-state index in [0.29, 0.717) is 0 Å². The number of amides is 1. The summed E-state index contributed by atoms with van der Waals surface area (Å²) >= 11 is 0. The number of ether oxygens (including phenoxy) is 2. The Kier molecular flexibility index (Phi) is 6.66. The van der Waals surface area contributed by atoms with Crippen LogP contribution in [0.2, 0.25) is 0 Å². The van der Waals surface area contributed by atoms with Gasteiger partial charge in [-0.15, -0.1) is 0 Å². The molecule has 0 aliphatic carbocycles. The second-order valence-corrected chi connectivity index (χ2v) is 5.60. The number of carbonyl (C=O) groups is 2. The number of halogens is 2. The number of esters is 1. The summed E-state index contributed by atoms with van der Waals surface area (Å²) in [5.74, 6) is -1.37. The molecule has 138 valence electrons. The predicted molar refractivity (Wildman–Crippen MR) is 92.1 cm³/mol. The summed E-state index contributed by atoms with van der Waals surface area (Å²) in [6, 6.07) is 13.1. The summed E-state index contributed by atoms with van der Waals surface area (Å²) in [6.45, 7) is 0.262. The number of hydrogen-bond acceptors (Lipinski definition) is 4. The molecule has 26 heavy (non-hydrogen) atoms. The van der Waals surface area contributed by atoms with Crippen molar-refractivity contribution in [1.82, 2.24) is 0 Å². The minimum Gasteiger partial charge on any atom is -0.452 e. The first kappa shape index (κ1) is 19.4. The zero-order chi connectivity index (χ0) is 19.1. The Labute approximate surface area is 149 Å². The molecule has 0 radical (unpaired) electrons. The van der Waals surface area contributed by atoms with Gasteiger partial charge in [-0.3, -0.25) is 9.59 Å². The average Bonchev–Trinajstić information content (AvgIpc) is 2.58. The Morgan fingerprint density at radius 2 is 1.73 bits per heavy atom. The molecule has 0 spiro atoms. The first-order chi connectivity index (χ1) is 12.4. The van der Waals surface area contributed by atoms with Crippen LogP contribution in [0.3, 0.4) is 0 Å². The lowest BCUT2D eigenvalue weighted by molar-refractivity contribution is -0.152. The first-order valence-electron chi connectivity index (χ1n) is 7.95. The van der Waals surface area contributed by atoms with Crippen molar-refractivity contribution in [2.75, 3.05) is 5.32 Å². The maximum absolute atomic E-state index is 12.4. The number of aryl methyl sites for hydroxylation is 1. The summed E-state index contributed by atoms with van der Waals surface area (Å²) in [5.41, 5.74) is 1.82. The molecule has 0 saturated carbocycles. The van der Waals surface area contributed by atoms with E-state index in [0.717, 1.165) is 11.1 Å². The Bertz CT molecular complexity index is 780. The molecule has 7 heteroatoms. The topological polar surface area (TPSA) is 64.6 Å². The lowest BCUT2D eigenvalue weighted by Gasteiger charge is -2.16. The maximum atomic E-state index is 12.4. The van der Waals surface area contributed by atoms with Gasteiger partial charge in [-0.2, -0.15) is 8.78 Å². The monoisotopic (exact) mass is 363 g/mol. The third-order valence-corrected chi connectivity index (χ3v) is 3.63. The molecule has 1 N–H and O–H groups in total. The molecule has 0 aliphatic rings. The normalized spacial score (nSPS) is 11.7. The van der Waals surface area contributed by atoms with E-state index in [1.807, 2.05) is 25.1 Å². The molecule has 1 amide bonds. The zero-order valence-corrected chi connectivity index (χ0v) is 14.4. The van der Waals surface area contributed by atoms with E-state index in [2.05, 4.69) is 10.1 Å². The molecule has 1 atom stereocenters. The third kappa shape index (κ3) is 5.54. The molecule has 2 aromatic rings. The molecule has 2 aromatic carbocycles. The van der Waals surface area contributed by atoms with Gasteiger partial charge in [0.05, 0.1) is 12.1 Å². The predicted octanol–water partition coefficient (Wildman–Crippen LogP) is 3.71. The van der Waals surface area contributed by atoms with Crippen LogP contribution in [-0.2, 0) is 20.7 Å². The summed E-state index contributed by atoms with van der Waals surface area (Å²) in [7, 11) is 0. The Hall–Kier alpha value is -2.96. The number of rotatable bonds is 7. The molecular formula is C19H19F2NO4. The average molecular weight is 363 g/mol. The number of benzene rings is 2. The van der Waals surface area contributed by atoms with Gasteiger partial charge in [0.2, 0.25) is 0 Å². The zero-order valence-electron chi connectivity index (χ0n) is 14.4. The number of carbonyl (C=O) groups excluding carboxylic acids is 2. The molecule has 0 bridgehead atoms. The number of anilines is 1. The van der Waals surface area contributed by atoms with Crippen molar-refractivity contribution >= 4 is 17.6 Å². The second-order valence-electron chi connectivity index (χ2n) is 5.60. The molecule has 5 nitrogen and oxygen atoms in total. The van der Waals surface area contributed by atoms with Gasteiger partial charge in [0.1, 0.15) is 5.75 Å². The minimum atomic E-state index is -3.02. The fraction of sp³-hybridized carbons (Fsp3) is 0.263. The van der Waals surface area contributed by atoms with Crippen LogP contribution in [0.1, 0.15) is 18.1 Å². The Morgan fingerprint density at radius 1 is 1.08 bits per heavy atom. The van der Waals surface area contributed by atoms with Gasteiger partial charge < -0.3 is 14.8 Å². The standard InChI is InChI=1S/C19H19F2NO4/c1-12-7-3-4-8-14(12)11-17(23)25-13(2)18(24)22-15-9-5-6-10-16(15)26-19(20)21/h3-10,13,19H,11H2,1-2H3,(H,22,24)/t13-/m0/s1. The van der Waals surface area contributed by atoms with Crippen molar-refractivity contribution in [2.24, 2.45) is 0 Å². The summed E-state index contributed by atoms with van der Waals surface area (Å²) in [6.07, 6.45) is -1.05. The molecule has 0 fully saturated rings. The lowest BCUT2D eigenvalue weighted by atomic mass is 10.1. The van der Waals surface area contributed by atoms with Crippen LogP contribution in [0, 0.1) is 6.92 Å². The van der Waals surface area contributed by atoms with E-state index in [4.69, 9.17) is 4.74 Å². The molecule has 0 aromatic heterocycles.